The summed E-state index contributed by atoms with van der Waals surface area (Å²) in [6.45, 7) is 4.29. The quantitative estimate of drug-likeness (QED) is 0.464. The van der Waals surface area contributed by atoms with Crippen LogP contribution in [0.3, 0.4) is 0 Å². The molecule has 0 aliphatic carbocycles. The molecule has 0 fully saturated rings. The number of carbonyl (C=O) groups is 1. The predicted octanol–water partition coefficient (Wildman–Crippen LogP) is 3.59. The van der Waals surface area contributed by atoms with Crippen LogP contribution in [0.2, 0.25) is 0 Å². The van der Waals surface area contributed by atoms with Crippen molar-refractivity contribution < 1.29 is 4.79 Å². The third kappa shape index (κ3) is 4.17. The highest BCUT2D eigenvalue weighted by Crippen LogP contribution is 2.21. The number of para-hydroxylation sites is 1. The largest absolute Gasteiger partial charge is 0.325 e. The molecule has 0 radical (unpaired) electrons. The lowest BCUT2D eigenvalue weighted by Crippen LogP contribution is -2.17. The number of anilines is 1. The van der Waals surface area contributed by atoms with E-state index in [4.69, 9.17) is 0 Å². The number of nitrogens with one attached hydrogen (secondary N) is 1. The van der Waals surface area contributed by atoms with E-state index in [2.05, 4.69) is 15.5 Å². The lowest BCUT2D eigenvalue weighted by molar-refractivity contribution is -0.113. The molecular weight excluding hydrogens is 418 g/mol. The fourth-order valence-electron chi connectivity index (χ4n) is 3.10. The molecule has 0 unspecified atom stereocenters. The molecule has 2 heterocycles. The number of nitrogens with zero attached hydrogens (tertiary/aromatic N) is 4. The summed E-state index contributed by atoms with van der Waals surface area (Å²) in [7, 11) is 1.85. The molecule has 1 amide bonds. The Bertz CT molecular complexity index is 1290. The summed E-state index contributed by atoms with van der Waals surface area (Å²) in [6, 6.07) is 13.7. The minimum Gasteiger partial charge on any atom is -0.325 e. The minimum absolute atomic E-state index is 0.0266. The smallest absolute Gasteiger partial charge is 0.308 e. The van der Waals surface area contributed by atoms with E-state index in [-0.39, 0.29) is 16.5 Å². The SMILES string of the molecule is Cc1ccc(C)c(NC(=O)CSc2nnc(Cn3c(=O)sc4ccccc43)n2C)c1. The van der Waals surface area contributed by atoms with E-state index >= 15 is 0 Å². The normalized spacial score (nSPS) is 11.2. The second-order valence-electron chi connectivity index (χ2n) is 7.03. The number of aryl methyl sites for hydroxylation is 2. The molecule has 4 aromatic rings. The van der Waals surface area contributed by atoms with Crippen molar-refractivity contribution in [1.82, 2.24) is 19.3 Å². The molecule has 0 saturated carbocycles. The lowest BCUT2D eigenvalue weighted by Gasteiger charge is -2.09. The molecule has 154 valence electrons. The van der Waals surface area contributed by atoms with Gasteiger partial charge < -0.3 is 9.88 Å². The average Bonchev–Trinajstić information content (AvgIpc) is 3.23. The molecule has 7 nitrogen and oxygen atoms in total. The molecular formula is C21H21N5O2S2. The Morgan fingerprint density at radius 1 is 1.17 bits per heavy atom. The standard InChI is InChI=1S/C21H21N5O2S2/c1-13-8-9-14(2)15(10-13)22-19(27)12-29-20-24-23-18(25(20)3)11-26-16-6-4-5-7-17(16)30-21(26)28/h4-10H,11-12H2,1-3H3,(H,22,27). The number of rotatable bonds is 6. The monoisotopic (exact) mass is 439 g/mol. The highest BCUT2D eigenvalue weighted by atomic mass is 32.2. The van der Waals surface area contributed by atoms with Crippen molar-refractivity contribution in [2.24, 2.45) is 7.05 Å². The molecule has 0 atom stereocenters. The summed E-state index contributed by atoms with van der Waals surface area (Å²) in [5.41, 5.74) is 3.83. The Balaban J connectivity index is 1.44. The Labute approximate surface area is 181 Å². The summed E-state index contributed by atoms with van der Waals surface area (Å²) in [4.78, 5) is 24.7. The number of hydrogen-bond acceptors (Lipinski definition) is 6. The van der Waals surface area contributed by atoms with Gasteiger partial charge in [-0.3, -0.25) is 14.2 Å². The predicted molar refractivity (Wildman–Crippen MR) is 121 cm³/mol. The molecule has 9 heteroatoms. The highest BCUT2D eigenvalue weighted by Gasteiger charge is 2.15. The van der Waals surface area contributed by atoms with E-state index in [0.29, 0.717) is 17.5 Å². The molecule has 0 saturated heterocycles. The fourth-order valence-corrected chi connectivity index (χ4v) is 4.72. The van der Waals surface area contributed by atoms with Crippen LogP contribution in [0.5, 0.6) is 0 Å². The number of aromatic nitrogens is 4. The van der Waals surface area contributed by atoms with Crippen molar-refractivity contribution in [1.29, 1.82) is 0 Å². The maximum atomic E-state index is 12.4. The third-order valence-corrected chi connectivity index (χ3v) is 6.78. The van der Waals surface area contributed by atoms with Crippen molar-refractivity contribution >= 4 is 44.9 Å². The summed E-state index contributed by atoms with van der Waals surface area (Å²) < 4.78 is 4.47. The first kappa shape index (κ1) is 20.4. The number of benzene rings is 2. The summed E-state index contributed by atoms with van der Waals surface area (Å²) in [6.07, 6.45) is 0. The first-order valence-electron chi connectivity index (χ1n) is 9.39. The number of thioether (sulfide) groups is 1. The molecule has 2 aromatic carbocycles. The minimum atomic E-state index is -0.0988. The van der Waals surface area contributed by atoms with Gasteiger partial charge in [0.25, 0.3) is 0 Å². The molecule has 0 spiro atoms. The maximum absolute atomic E-state index is 12.4. The topological polar surface area (TPSA) is 81.8 Å². The van der Waals surface area contributed by atoms with Crippen LogP contribution < -0.4 is 10.2 Å². The number of thiazole rings is 1. The number of carbonyl (C=O) groups excluding carboxylic acids is 1. The summed E-state index contributed by atoms with van der Waals surface area (Å²) in [5, 5.41) is 12.0. The van der Waals surface area contributed by atoms with Crippen molar-refractivity contribution in [3.8, 4) is 0 Å². The van der Waals surface area contributed by atoms with Crippen LogP contribution in [-0.2, 0) is 18.4 Å². The zero-order chi connectivity index (χ0) is 21.3. The van der Waals surface area contributed by atoms with Crippen LogP contribution in [-0.4, -0.2) is 31.0 Å². The van der Waals surface area contributed by atoms with Gasteiger partial charge in [0.1, 0.15) is 0 Å². The van der Waals surface area contributed by atoms with Gasteiger partial charge >= 0.3 is 4.87 Å². The van der Waals surface area contributed by atoms with Crippen LogP contribution >= 0.6 is 23.1 Å². The number of amides is 1. The second-order valence-corrected chi connectivity index (χ2v) is 8.97. The molecule has 0 aliphatic heterocycles. The Morgan fingerprint density at radius 2 is 1.97 bits per heavy atom. The summed E-state index contributed by atoms with van der Waals surface area (Å²) >= 11 is 2.54. The number of hydrogen-bond donors (Lipinski definition) is 1. The first-order chi connectivity index (χ1) is 14.4. The van der Waals surface area contributed by atoms with E-state index in [1.165, 1.54) is 23.1 Å². The maximum Gasteiger partial charge on any atom is 0.308 e. The number of fused-ring (bicyclic) bond motifs is 1. The fraction of sp³-hybridized carbons (Fsp3) is 0.238. The zero-order valence-corrected chi connectivity index (χ0v) is 18.5. The third-order valence-electron chi connectivity index (χ3n) is 4.80. The van der Waals surface area contributed by atoms with Crippen molar-refractivity contribution in [2.45, 2.75) is 25.5 Å². The van der Waals surface area contributed by atoms with E-state index < -0.39 is 0 Å². The Hall–Kier alpha value is -2.91. The Kier molecular flexibility index (Phi) is 5.74. The van der Waals surface area contributed by atoms with E-state index in [1.54, 1.807) is 4.57 Å². The van der Waals surface area contributed by atoms with Gasteiger partial charge in [-0.15, -0.1) is 10.2 Å². The van der Waals surface area contributed by atoms with E-state index in [0.717, 1.165) is 27.0 Å². The van der Waals surface area contributed by atoms with E-state index in [1.807, 2.05) is 67.9 Å². The van der Waals surface area contributed by atoms with Crippen LogP contribution in [0.4, 0.5) is 5.69 Å². The lowest BCUT2D eigenvalue weighted by atomic mass is 10.1. The van der Waals surface area contributed by atoms with Gasteiger partial charge in [-0.1, -0.05) is 47.4 Å². The molecule has 2 aromatic heterocycles. The van der Waals surface area contributed by atoms with Gasteiger partial charge in [0, 0.05) is 12.7 Å². The molecule has 30 heavy (non-hydrogen) atoms. The van der Waals surface area contributed by atoms with E-state index in [9.17, 15) is 9.59 Å². The van der Waals surface area contributed by atoms with Gasteiger partial charge in [-0.2, -0.15) is 0 Å². The highest BCUT2D eigenvalue weighted by molar-refractivity contribution is 7.99. The van der Waals surface area contributed by atoms with Crippen molar-refractivity contribution in [3.63, 3.8) is 0 Å². The van der Waals surface area contributed by atoms with Crippen LogP contribution in [0, 0.1) is 13.8 Å². The van der Waals surface area contributed by atoms with Gasteiger partial charge in [-0.05, 0) is 43.2 Å². The van der Waals surface area contributed by atoms with Crippen LogP contribution in [0.15, 0.2) is 52.4 Å². The average molecular weight is 440 g/mol. The Morgan fingerprint density at radius 3 is 2.80 bits per heavy atom. The van der Waals surface area contributed by atoms with Gasteiger partial charge in [-0.25, -0.2) is 0 Å². The van der Waals surface area contributed by atoms with Crippen LogP contribution in [0.25, 0.3) is 10.2 Å². The van der Waals surface area contributed by atoms with Gasteiger partial charge in [0.15, 0.2) is 11.0 Å². The van der Waals surface area contributed by atoms with Gasteiger partial charge in [0.2, 0.25) is 5.91 Å². The second kappa shape index (κ2) is 8.45. The van der Waals surface area contributed by atoms with Crippen molar-refractivity contribution in [2.75, 3.05) is 11.1 Å². The van der Waals surface area contributed by atoms with Crippen LogP contribution in [0.1, 0.15) is 17.0 Å². The van der Waals surface area contributed by atoms with Crippen molar-refractivity contribution in [3.05, 3.63) is 69.1 Å². The molecule has 0 aliphatic rings. The zero-order valence-electron chi connectivity index (χ0n) is 16.9. The first-order valence-corrected chi connectivity index (χ1v) is 11.2. The van der Waals surface area contributed by atoms with Gasteiger partial charge in [0.05, 0.1) is 22.5 Å². The summed E-state index contributed by atoms with van der Waals surface area (Å²) in [5.74, 6) is 0.789. The molecule has 4 rings (SSSR count). The molecule has 1 N–H and O–H groups in total. The molecule has 0 bridgehead atoms.